The Labute approximate surface area is 120 Å². The first-order chi connectivity index (χ1) is 9.56. The Hall–Kier alpha value is -1.82. The SMILES string of the molecule is CC(C)NC(=O)CN1CCN(c2ccncc2N)CC1. The van der Waals surface area contributed by atoms with Crippen LogP contribution in [0.25, 0.3) is 0 Å². The fraction of sp³-hybridized carbons (Fsp3) is 0.571. The molecular formula is C14H23N5O. The number of nitrogens with two attached hydrogens (primary N) is 1. The van der Waals surface area contributed by atoms with Gasteiger partial charge in [-0.25, -0.2) is 0 Å². The molecule has 110 valence electrons. The molecule has 3 N–H and O–H groups in total. The second-order valence-electron chi connectivity index (χ2n) is 5.42. The number of rotatable bonds is 4. The van der Waals surface area contributed by atoms with Crippen molar-refractivity contribution in [2.45, 2.75) is 19.9 Å². The maximum atomic E-state index is 11.7. The number of pyridine rings is 1. The minimum Gasteiger partial charge on any atom is -0.396 e. The van der Waals surface area contributed by atoms with Crippen LogP contribution in [0.3, 0.4) is 0 Å². The quantitative estimate of drug-likeness (QED) is 0.828. The van der Waals surface area contributed by atoms with Crippen LogP contribution >= 0.6 is 0 Å². The van der Waals surface area contributed by atoms with Gasteiger partial charge in [0.15, 0.2) is 0 Å². The summed E-state index contributed by atoms with van der Waals surface area (Å²) in [6.45, 7) is 7.91. The summed E-state index contributed by atoms with van der Waals surface area (Å²) in [5.41, 5.74) is 7.68. The molecule has 1 aromatic rings. The normalized spacial score (nSPS) is 16.4. The average Bonchev–Trinajstić information content (AvgIpc) is 2.39. The van der Waals surface area contributed by atoms with Gasteiger partial charge in [0.2, 0.25) is 5.91 Å². The summed E-state index contributed by atoms with van der Waals surface area (Å²) in [6, 6.07) is 2.14. The van der Waals surface area contributed by atoms with Crippen LogP contribution in [0.1, 0.15) is 13.8 Å². The standard InChI is InChI=1S/C14H23N5O/c1-11(2)17-14(20)10-18-5-7-19(8-6-18)13-3-4-16-9-12(13)15/h3-4,9,11H,5-8,10,15H2,1-2H3,(H,17,20). The van der Waals surface area contributed by atoms with E-state index in [1.54, 1.807) is 12.4 Å². The third-order valence-corrected chi connectivity index (χ3v) is 3.36. The van der Waals surface area contributed by atoms with Crippen LogP contribution in [0.5, 0.6) is 0 Å². The van der Waals surface area contributed by atoms with Crippen LogP contribution in [0.2, 0.25) is 0 Å². The predicted octanol–water partition coefficient (Wildman–Crippen LogP) is 0.310. The molecule has 0 atom stereocenters. The Bertz CT molecular complexity index is 455. The van der Waals surface area contributed by atoms with E-state index in [1.807, 2.05) is 19.9 Å². The highest BCUT2D eigenvalue weighted by Crippen LogP contribution is 2.22. The van der Waals surface area contributed by atoms with Crippen molar-refractivity contribution in [3.05, 3.63) is 18.5 Å². The van der Waals surface area contributed by atoms with Crippen molar-refractivity contribution in [1.82, 2.24) is 15.2 Å². The Kier molecular flexibility index (Phi) is 4.79. The van der Waals surface area contributed by atoms with Crippen molar-refractivity contribution in [3.63, 3.8) is 0 Å². The zero-order chi connectivity index (χ0) is 14.5. The smallest absolute Gasteiger partial charge is 0.234 e. The first kappa shape index (κ1) is 14.6. The summed E-state index contributed by atoms with van der Waals surface area (Å²) in [5.74, 6) is 0.0943. The molecule has 2 rings (SSSR count). The molecule has 0 radical (unpaired) electrons. The van der Waals surface area contributed by atoms with Crippen LogP contribution in [0.15, 0.2) is 18.5 Å². The van der Waals surface area contributed by atoms with Crippen molar-refractivity contribution < 1.29 is 4.79 Å². The first-order valence-corrected chi connectivity index (χ1v) is 7.02. The topological polar surface area (TPSA) is 74.5 Å². The van der Waals surface area contributed by atoms with Crippen molar-refractivity contribution in [1.29, 1.82) is 0 Å². The first-order valence-electron chi connectivity index (χ1n) is 7.02. The lowest BCUT2D eigenvalue weighted by Gasteiger charge is -2.36. The van der Waals surface area contributed by atoms with Crippen molar-refractivity contribution in [2.75, 3.05) is 43.4 Å². The average molecular weight is 277 g/mol. The number of piperazine rings is 1. The molecular weight excluding hydrogens is 254 g/mol. The number of carbonyl (C=O) groups excluding carboxylic acids is 1. The van der Waals surface area contributed by atoms with Gasteiger partial charge in [-0.05, 0) is 19.9 Å². The summed E-state index contributed by atoms with van der Waals surface area (Å²) in [7, 11) is 0. The second kappa shape index (κ2) is 6.56. The highest BCUT2D eigenvalue weighted by Gasteiger charge is 2.20. The predicted molar refractivity (Wildman–Crippen MR) is 80.6 cm³/mol. The Balaban J connectivity index is 1.84. The highest BCUT2D eigenvalue weighted by atomic mass is 16.2. The fourth-order valence-corrected chi connectivity index (χ4v) is 2.40. The third-order valence-electron chi connectivity index (χ3n) is 3.36. The molecule has 1 aromatic heterocycles. The van der Waals surface area contributed by atoms with E-state index < -0.39 is 0 Å². The Morgan fingerprint density at radius 1 is 1.40 bits per heavy atom. The molecule has 20 heavy (non-hydrogen) atoms. The maximum absolute atomic E-state index is 11.7. The van der Waals surface area contributed by atoms with E-state index in [4.69, 9.17) is 5.73 Å². The van der Waals surface area contributed by atoms with E-state index in [-0.39, 0.29) is 11.9 Å². The Morgan fingerprint density at radius 3 is 2.70 bits per heavy atom. The van der Waals surface area contributed by atoms with Gasteiger partial charge in [0.25, 0.3) is 0 Å². The second-order valence-corrected chi connectivity index (χ2v) is 5.42. The zero-order valence-corrected chi connectivity index (χ0v) is 12.2. The summed E-state index contributed by atoms with van der Waals surface area (Å²) in [6.07, 6.45) is 3.44. The number of nitrogen functional groups attached to an aromatic ring is 1. The largest absolute Gasteiger partial charge is 0.396 e. The van der Waals surface area contributed by atoms with Crippen molar-refractivity contribution in [2.24, 2.45) is 0 Å². The zero-order valence-electron chi connectivity index (χ0n) is 12.2. The molecule has 0 bridgehead atoms. The molecule has 2 heterocycles. The lowest BCUT2D eigenvalue weighted by molar-refractivity contribution is -0.122. The van der Waals surface area contributed by atoms with Gasteiger partial charge < -0.3 is 16.0 Å². The van der Waals surface area contributed by atoms with Crippen LogP contribution in [0.4, 0.5) is 11.4 Å². The number of amides is 1. The van der Waals surface area contributed by atoms with E-state index in [0.717, 1.165) is 31.9 Å². The van der Waals surface area contributed by atoms with E-state index in [9.17, 15) is 4.79 Å². The van der Waals surface area contributed by atoms with Crippen LogP contribution in [-0.4, -0.2) is 54.6 Å². The van der Waals surface area contributed by atoms with Gasteiger partial charge in [0.1, 0.15) is 0 Å². The third kappa shape index (κ3) is 3.84. The molecule has 1 amide bonds. The van der Waals surface area contributed by atoms with Crippen molar-refractivity contribution >= 4 is 17.3 Å². The van der Waals surface area contributed by atoms with Crippen LogP contribution in [0, 0.1) is 0 Å². The summed E-state index contributed by atoms with van der Waals surface area (Å²) < 4.78 is 0. The number of nitrogens with zero attached hydrogens (tertiary/aromatic N) is 3. The molecule has 1 aliphatic rings. The fourth-order valence-electron chi connectivity index (χ4n) is 2.40. The molecule has 1 aliphatic heterocycles. The van der Waals surface area contributed by atoms with Crippen LogP contribution < -0.4 is 16.0 Å². The van der Waals surface area contributed by atoms with Gasteiger partial charge in [-0.3, -0.25) is 14.7 Å². The van der Waals surface area contributed by atoms with Gasteiger partial charge in [0, 0.05) is 38.4 Å². The number of anilines is 2. The van der Waals surface area contributed by atoms with Gasteiger partial charge in [-0.15, -0.1) is 0 Å². The maximum Gasteiger partial charge on any atom is 0.234 e. The molecule has 0 saturated carbocycles. The summed E-state index contributed by atoms with van der Waals surface area (Å²) >= 11 is 0. The monoisotopic (exact) mass is 277 g/mol. The molecule has 6 heteroatoms. The van der Waals surface area contributed by atoms with Crippen LogP contribution in [-0.2, 0) is 4.79 Å². The lowest BCUT2D eigenvalue weighted by Crippen LogP contribution is -2.50. The Morgan fingerprint density at radius 2 is 2.10 bits per heavy atom. The molecule has 0 unspecified atom stereocenters. The van der Waals surface area contributed by atoms with E-state index in [0.29, 0.717) is 12.2 Å². The van der Waals surface area contributed by atoms with Gasteiger partial charge in [-0.1, -0.05) is 0 Å². The lowest BCUT2D eigenvalue weighted by atomic mass is 10.2. The minimum atomic E-state index is 0.0943. The minimum absolute atomic E-state index is 0.0943. The number of hydrogen-bond donors (Lipinski definition) is 2. The molecule has 0 spiro atoms. The van der Waals surface area contributed by atoms with Gasteiger partial charge in [-0.2, -0.15) is 0 Å². The number of hydrogen-bond acceptors (Lipinski definition) is 5. The van der Waals surface area contributed by atoms with Gasteiger partial charge in [0.05, 0.1) is 24.1 Å². The van der Waals surface area contributed by atoms with Crippen molar-refractivity contribution in [3.8, 4) is 0 Å². The van der Waals surface area contributed by atoms with E-state index in [1.165, 1.54) is 0 Å². The molecule has 0 aromatic carbocycles. The van der Waals surface area contributed by atoms with Gasteiger partial charge >= 0.3 is 0 Å². The molecule has 1 fully saturated rings. The molecule has 1 saturated heterocycles. The molecule has 0 aliphatic carbocycles. The summed E-state index contributed by atoms with van der Waals surface area (Å²) in [4.78, 5) is 20.2. The highest BCUT2D eigenvalue weighted by molar-refractivity contribution is 5.78. The van der Waals surface area contributed by atoms with E-state index >= 15 is 0 Å². The number of aromatic nitrogens is 1. The number of carbonyl (C=O) groups is 1. The molecule has 6 nitrogen and oxygen atoms in total. The number of nitrogens with one attached hydrogen (secondary N) is 1. The van der Waals surface area contributed by atoms with E-state index in [2.05, 4.69) is 20.1 Å². The summed E-state index contributed by atoms with van der Waals surface area (Å²) in [5, 5.41) is 2.92.